The lowest BCUT2D eigenvalue weighted by atomic mass is 10.2. The van der Waals surface area contributed by atoms with E-state index in [-0.39, 0.29) is 49.7 Å². The van der Waals surface area contributed by atoms with Crippen LogP contribution in [0.2, 0.25) is 5.02 Å². The summed E-state index contributed by atoms with van der Waals surface area (Å²) in [6.07, 6.45) is 0.961. The standard InChI is InChI=1S/C15H23ClN4O.3ClH/c16-13-3-1-4-14(11-13)20-9-7-19(8-10-20)6-2-5-18-15(21)12-17;;;/h1,3-4,11H,2,5-10,12,17H2,(H,18,21);3*1H. The average molecular weight is 420 g/mol. The van der Waals surface area contributed by atoms with Crippen molar-refractivity contribution in [3.8, 4) is 0 Å². The highest BCUT2D eigenvalue weighted by Gasteiger charge is 2.16. The molecule has 0 bridgehead atoms. The summed E-state index contributed by atoms with van der Waals surface area (Å²) in [6.45, 7) is 5.87. The molecule has 1 heterocycles. The maximum Gasteiger partial charge on any atom is 0.233 e. The second-order valence-corrected chi connectivity index (χ2v) is 5.65. The molecular formula is C15H26Cl4N4O. The fraction of sp³-hybridized carbons (Fsp3) is 0.533. The normalized spacial score (nSPS) is 14.0. The second-order valence-electron chi connectivity index (χ2n) is 5.22. The number of piperazine rings is 1. The first-order valence-corrected chi connectivity index (χ1v) is 7.76. The summed E-state index contributed by atoms with van der Waals surface area (Å²) in [5.74, 6) is -0.0826. The number of nitrogens with zero attached hydrogens (tertiary/aromatic N) is 2. The summed E-state index contributed by atoms with van der Waals surface area (Å²) in [4.78, 5) is 15.8. The smallest absolute Gasteiger partial charge is 0.233 e. The van der Waals surface area contributed by atoms with Crippen LogP contribution in [0.5, 0.6) is 0 Å². The molecule has 0 unspecified atom stereocenters. The first-order valence-electron chi connectivity index (χ1n) is 7.38. The van der Waals surface area contributed by atoms with Gasteiger partial charge < -0.3 is 16.0 Å². The number of amides is 1. The molecule has 0 spiro atoms. The monoisotopic (exact) mass is 418 g/mol. The first kappa shape index (κ1) is 25.8. The van der Waals surface area contributed by atoms with Crippen LogP contribution < -0.4 is 16.0 Å². The summed E-state index contributed by atoms with van der Waals surface area (Å²) < 4.78 is 0. The Morgan fingerprint density at radius 2 is 1.83 bits per heavy atom. The third kappa shape index (κ3) is 8.60. The molecule has 0 aliphatic carbocycles. The molecule has 24 heavy (non-hydrogen) atoms. The minimum Gasteiger partial charge on any atom is -0.369 e. The predicted molar refractivity (Wildman–Crippen MR) is 109 cm³/mol. The van der Waals surface area contributed by atoms with Crippen LogP contribution in [0.4, 0.5) is 5.69 Å². The number of benzene rings is 1. The Kier molecular flexibility index (Phi) is 14.9. The van der Waals surface area contributed by atoms with E-state index in [1.54, 1.807) is 0 Å². The minimum absolute atomic E-state index is 0. The van der Waals surface area contributed by atoms with Gasteiger partial charge in [0.2, 0.25) is 5.91 Å². The van der Waals surface area contributed by atoms with Gasteiger partial charge in [0.15, 0.2) is 0 Å². The Morgan fingerprint density at radius 1 is 1.17 bits per heavy atom. The molecule has 1 amide bonds. The van der Waals surface area contributed by atoms with Crippen molar-refractivity contribution < 1.29 is 4.79 Å². The number of anilines is 1. The maximum absolute atomic E-state index is 11.0. The Hall–Kier alpha value is -0.430. The third-order valence-electron chi connectivity index (χ3n) is 3.70. The lowest BCUT2D eigenvalue weighted by Crippen LogP contribution is -2.47. The van der Waals surface area contributed by atoms with Crippen molar-refractivity contribution in [2.75, 3.05) is 50.7 Å². The third-order valence-corrected chi connectivity index (χ3v) is 3.94. The van der Waals surface area contributed by atoms with Gasteiger partial charge in [0.25, 0.3) is 0 Å². The van der Waals surface area contributed by atoms with Crippen LogP contribution in [-0.2, 0) is 4.79 Å². The number of halogens is 4. The van der Waals surface area contributed by atoms with Crippen molar-refractivity contribution in [2.45, 2.75) is 6.42 Å². The zero-order valence-electron chi connectivity index (χ0n) is 13.4. The van der Waals surface area contributed by atoms with Crippen molar-refractivity contribution in [3.63, 3.8) is 0 Å². The molecule has 2 rings (SSSR count). The summed E-state index contributed by atoms with van der Waals surface area (Å²) in [7, 11) is 0. The molecule has 1 aromatic rings. The van der Waals surface area contributed by atoms with E-state index < -0.39 is 0 Å². The molecule has 1 aliphatic rings. The lowest BCUT2D eigenvalue weighted by Gasteiger charge is -2.36. The molecule has 1 saturated heterocycles. The molecule has 0 atom stereocenters. The number of carbonyl (C=O) groups is 1. The molecular weight excluding hydrogens is 394 g/mol. The van der Waals surface area contributed by atoms with Gasteiger partial charge in [0.05, 0.1) is 6.54 Å². The van der Waals surface area contributed by atoms with Crippen LogP contribution in [-0.4, -0.2) is 56.6 Å². The molecule has 140 valence electrons. The van der Waals surface area contributed by atoms with Gasteiger partial charge in [-0.15, -0.1) is 37.2 Å². The van der Waals surface area contributed by atoms with Gasteiger partial charge >= 0.3 is 0 Å². The number of rotatable bonds is 6. The molecule has 1 fully saturated rings. The minimum atomic E-state index is -0.0826. The van der Waals surface area contributed by atoms with Crippen molar-refractivity contribution >= 4 is 60.4 Å². The Balaban J connectivity index is 0. The average Bonchev–Trinajstić information content (AvgIpc) is 2.52. The van der Waals surface area contributed by atoms with Gasteiger partial charge in [-0.25, -0.2) is 0 Å². The van der Waals surface area contributed by atoms with Crippen molar-refractivity contribution in [3.05, 3.63) is 29.3 Å². The maximum atomic E-state index is 11.0. The van der Waals surface area contributed by atoms with E-state index in [0.717, 1.165) is 44.2 Å². The molecule has 1 aliphatic heterocycles. The Bertz CT molecular complexity index is 471. The number of hydrogen-bond donors (Lipinski definition) is 2. The van der Waals surface area contributed by atoms with Crippen LogP contribution in [0, 0.1) is 0 Å². The molecule has 0 aromatic heterocycles. The number of nitrogens with one attached hydrogen (secondary N) is 1. The molecule has 0 radical (unpaired) electrons. The van der Waals surface area contributed by atoms with E-state index in [4.69, 9.17) is 17.3 Å². The topological polar surface area (TPSA) is 61.6 Å². The highest BCUT2D eigenvalue weighted by Crippen LogP contribution is 2.20. The quantitative estimate of drug-likeness (QED) is 0.693. The molecule has 5 nitrogen and oxygen atoms in total. The van der Waals surface area contributed by atoms with Crippen LogP contribution >= 0.6 is 48.8 Å². The highest BCUT2D eigenvalue weighted by molar-refractivity contribution is 6.30. The van der Waals surface area contributed by atoms with Gasteiger partial charge in [-0.1, -0.05) is 17.7 Å². The molecule has 1 aromatic carbocycles. The summed E-state index contributed by atoms with van der Waals surface area (Å²) in [5, 5.41) is 3.58. The van der Waals surface area contributed by atoms with E-state index in [1.807, 2.05) is 18.2 Å². The first-order chi connectivity index (χ1) is 10.2. The van der Waals surface area contributed by atoms with Crippen LogP contribution in [0.15, 0.2) is 24.3 Å². The van der Waals surface area contributed by atoms with E-state index >= 15 is 0 Å². The lowest BCUT2D eigenvalue weighted by molar-refractivity contribution is -0.119. The van der Waals surface area contributed by atoms with Crippen molar-refractivity contribution in [2.24, 2.45) is 5.73 Å². The largest absolute Gasteiger partial charge is 0.369 e. The Labute approximate surface area is 167 Å². The van der Waals surface area contributed by atoms with Crippen LogP contribution in [0.1, 0.15) is 6.42 Å². The predicted octanol–water partition coefficient (Wildman–Crippen LogP) is 2.19. The zero-order chi connectivity index (χ0) is 15.1. The van der Waals surface area contributed by atoms with Gasteiger partial charge in [0, 0.05) is 43.4 Å². The summed E-state index contributed by atoms with van der Waals surface area (Å²) in [5.41, 5.74) is 6.43. The number of nitrogens with two attached hydrogens (primary N) is 1. The number of carbonyl (C=O) groups excluding carboxylic acids is 1. The van der Waals surface area contributed by atoms with Gasteiger partial charge in [-0.2, -0.15) is 0 Å². The zero-order valence-corrected chi connectivity index (χ0v) is 16.7. The van der Waals surface area contributed by atoms with Crippen LogP contribution in [0.3, 0.4) is 0 Å². The van der Waals surface area contributed by atoms with E-state index in [1.165, 1.54) is 5.69 Å². The van der Waals surface area contributed by atoms with Crippen molar-refractivity contribution in [1.82, 2.24) is 10.2 Å². The fourth-order valence-electron chi connectivity index (χ4n) is 2.51. The fourth-order valence-corrected chi connectivity index (χ4v) is 2.69. The van der Waals surface area contributed by atoms with Gasteiger partial charge in [0.1, 0.15) is 0 Å². The molecule has 9 heteroatoms. The molecule has 3 N–H and O–H groups in total. The van der Waals surface area contributed by atoms with Gasteiger partial charge in [-0.05, 0) is 31.2 Å². The van der Waals surface area contributed by atoms with Gasteiger partial charge in [-0.3, -0.25) is 9.69 Å². The molecule has 0 saturated carbocycles. The second kappa shape index (κ2) is 13.8. The highest BCUT2D eigenvalue weighted by atomic mass is 35.5. The summed E-state index contributed by atoms with van der Waals surface area (Å²) >= 11 is 6.03. The van der Waals surface area contributed by atoms with Crippen molar-refractivity contribution in [1.29, 1.82) is 0 Å². The Morgan fingerprint density at radius 3 is 2.42 bits per heavy atom. The summed E-state index contributed by atoms with van der Waals surface area (Å²) in [6, 6.07) is 8.00. The number of hydrogen-bond acceptors (Lipinski definition) is 4. The van der Waals surface area contributed by atoms with Crippen LogP contribution in [0.25, 0.3) is 0 Å². The van der Waals surface area contributed by atoms with E-state index in [2.05, 4.69) is 21.2 Å². The van der Waals surface area contributed by atoms with E-state index in [9.17, 15) is 4.79 Å². The van der Waals surface area contributed by atoms with E-state index in [0.29, 0.717) is 6.54 Å². The SMILES string of the molecule is Cl.Cl.Cl.NCC(=O)NCCCN1CCN(c2cccc(Cl)c2)CC1.